The fourth-order valence-corrected chi connectivity index (χ4v) is 5.49. The van der Waals surface area contributed by atoms with Gasteiger partial charge in [0.2, 0.25) is 10.0 Å². The van der Waals surface area contributed by atoms with Gasteiger partial charge in [-0.3, -0.25) is 0 Å². The summed E-state index contributed by atoms with van der Waals surface area (Å²) in [5.41, 5.74) is -0.857. The minimum atomic E-state index is -4.49. The highest BCUT2D eigenvalue weighted by molar-refractivity contribution is 7.89. The maximum atomic E-state index is 12.9. The number of sulfonamides is 1. The Morgan fingerprint density at radius 1 is 0.970 bits per heavy atom. The van der Waals surface area contributed by atoms with Crippen molar-refractivity contribution in [1.82, 2.24) is 9.21 Å². The van der Waals surface area contributed by atoms with Crippen LogP contribution in [0.3, 0.4) is 0 Å². The van der Waals surface area contributed by atoms with Crippen LogP contribution >= 0.6 is 0 Å². The Bertz CT molecular complexity index is 805. The van der Waals surface area contributed by atoms with Crippen LogP contribution in [0.25, 0.3) is 0 Å². The molecule has 0 bridgehead atoms. The molecule has 1 aliphatic carbocycles. The molecule has 0 atom stereocenters. The fraction of sp³-hybridized carbons (Fsp3) is 0.750. The molecule has 1 saturated carbocycles. The lowest BCUT2D eigenvalue weighted by Crippen LogP contribution is -2.40. The summed E-state index contributed by atoms with van der Waals surface area (Å²) >= 11 is 0. The zero-order valence-corrected chi connectivity index (χ0v) is 21.1. The van der Waals surface area contributed by atoms with E-state index in [0.717, 1.165) is 63.1 Å². The number of hydrogen-bond donors (Lipinski definition) is 0. The minimum Gasteiger partial charge on any atom is -0.378 e. The van der Waals surface area contributed by atoms with E-state index in [0.29, 0.717) is 18.9 Å². The van der Waals surface area contributed by atoms with E-state index in [9.17, 15) is 21.6 Å². The summed E-state index contributed by atoms with van der Waals surface area (Å²) in [4.78, 5) is 2.24. The highest BCUT2D eigenvalue weighted by Gasteiger charge is 2.34. The van der Waals surface area contributed by atoms with Crippen molar-refractivity contribution in [1.29, 1.82) is 0 Å². The van der Waals surface area contributed by atoms with Crippen LogP contribution in [0, 0.1) is 0 Å². The molecule has 1 aliphatic rings. The van der Waals surface area contributed by atoms with Gasteiger partial charge in [0.25, 0.3) is 0 Å². The van der Waals surface area contributed by atoms with Gasteiger partial charge in [0.15, 0.2) is 0 Å². The molecule has 1 aromatic carbocycles. The first kappa shape index (κ1) is 28.1. The van der Waals surface area contributed by atoms with E-state index >= 15 is 0 Å². The lowest BCUT2D eigenvalue weighted by Gasteiger charge is -2.34. The van der Waals surface area contributed by atoms with Crippen LogP contribution in [0.4, 0.5) is 13.2 Å². The minimum absolute atomic E-state index is 0.115. The van der Waals surface area contributed by atoms with E-state index in [1.165, 1.54) is 24.2 Å². The van der Waals surface area contributed by atoms with Crippen molar-refractivity contribution < 1.29 is 26.3 Å². The number of halogens is 3. The highest BCUT2D eigenvalue weighted by Crippen LogP contribution is 2.32. The standard InChI is InChI=1S/C24H39F3N2O3S/c1-19(2)28(3)17-7-5-6-8-18-32-22-13-11-21(12-14-22)29(4)33(30,31)23-15-9-20(10-16-23)24(25,26)27/h9-10,15-16,19,21-22H,5-8,11-14,17-18H2,1-4H3/t21-,22-. The molecule has 0 heterocycles. The summed E-state index contributed by atoms with van der Waals surface area (Å²) in [7, 11) is -0.179. The normalized spacial score (nSPS) is 20.2. The summed E-state index contributed by atoms with van der Waals surface area (Å²) in [6.07, 6.45) is 3.17. The van der Waals surface area contributed by atoms with Gasteiger partial charge in [-0.2, -0.15) is 17.5 Å². The number of hydrogen-bond acceptors (Lipinski definition) is 4. The molecular weight excluding hydrogens is 453 g/mol. The molecule has 1 aromatic rings. The van der Waals surface area contributed by atoms with Crippen LogP contribution in [0.15, 0.2) is 29.2 Å². The first-order valence-electron chi connectivity index (χ1n) is 11.9. The van der Waals surface area contributed by atoms with Crippen LogP contribution < -0.4 is 0 Å². The van der Waals surface area contributed by atoms with Crippen molar-refractivity contribution in [2.45, 2.75) is 94.5 Å². The molecule has 9 heteroatoms. The molecule has 0 aromatic heterocycles. The zero-order chi connectivity index (χ0) is 24.6. The number of benzene rings is 1. The molecule has 5 nitrogen and oxygen atoms in total. The van der Waals surface area contributed by atoms with Gasteiger partial charge in [-0.1, -0.05) is 12.8 Å². The van der Waals surface area contributed by atoms with E-state index < -0.39 is 21.8 Å². The van der Waals surface area contributed by atoms with Crippen LogP contribution in [0.1, 0.15) is 70.8 Å². The van der Waals surface area contributed by atoms with Crippen LogP contribution in [-0.2, 0) is 20.9 Å². The quantitative estimate of drug-likeness (QED) is 0.359. The SMILES string of the molecule is CC(C)N(C)CCCCCCO[C@H]1CC[C@H](N(C)S(=O)(=O)c2ccc(C(F)(F)F)cc2)CC1. The van der Waals surface area contributed by atoms with Crippen molar-refractivity contribution in [3.05, 3.63) is 29.8 Å². The fourth-order valence-electron chi connectivity index (χ4n) is 4.08. The predicted molar refractivity (Wildman–Crippen MR) is 125 cm³/mol. The lowest BCUT2D eigenvalue weighted by atomic mass is 9.93. The van der Waals surface area contributed by atoms with Gasteiger partial charge in [-0.05, 0) is 90.2 Å². The third-order valence-electron chi connectivity index (χ3n) is 6.66. The molecule has 2 rings (SSSR count). The molecular formula is C24H39F3N2O3S. The summed E-state index contributed by atoms with van der Waals surface area (Å²) in [6.45, 7) is 6.25. The molecule has 0 unspecified atom stereocenters. The van der Waals surface area contributed by atoms with Gasteiger partial charge in [-0.25, -0.2) is 8.42 Å². The van der Waals surface area contributed by atoms with E-state index in [-0.39, 0.29) is 17.0 Å². The van der Waals surface area contributed by atoms with E-state index in [1.54, 1.807) is 0 Å². The Kier molecular flexibility index (Phi) is 10.7. The molecule has 33 heavy (non-hydrogen) atoms. The molecule has 1 fully saturated rings. The summed E-state index contributed by atoms with van der Waals surface area (Å²) < 4.78 is 71.3. The lowest BCUT2D eigenvalue weighted by molar-refractivity contribution is -0.137. The van der Waals surface area contributed by atoms with Crippen LogP contribution in [-0.4, -0.2) is 63.1 Å². The Labute approximate surface area is 197 Å². The van der Waals surface area contributed by atoms with Crippen molar-refractivity contribution in [2.75, 3.05) is 27.2 Å². The average Bonchev–Trinajstić information content (AvgIpc) is 2.77. The van der Waals surface area contributed by atoms with Gasteiger partial charge in [0.1, 0.15) is 0 Å². The van der Waals surface area contributed by atoms with Crippen molar-refractivity contribution in [3.63, 3.8) is 0 Å². The average molecular weight is 493 g/mol. The maximum absolute atomic E-state index is 12.9. The Morgan fingerprint density at radius 3 is 2.09 bits per heavy atom. The second-order valence-corrected chi connectivity index (χ2v) is 11.3. The van der Waals surface area contributed by atoms with E-state index in [2.05, 4.69) is 25.8 Å². The maximum Gasteiger partial charge on any atom is 0.416 e. The first-order valence-corrected chi connectivity index (χ1v) is 13.3. The Morgan fingerprint density at radius 2 is 1.55 bits per heavy atom. The van der Waals surface area contributed by atoms with E-state index in [4.69, 9.17) is 4.74 Å². The smallest absolute Gasteiger partial charge is 0.378 e. The van der Waals surface area contributed by atoms with Gasteiger partial charge in [-0.15, -0.1) is 0 Å². The number of nitrogens with zero attached hydrogens (tertiary/aromatic N) is 2. The van der Waals surface area contributed by atoms with Crippen molar-refractivity contribution in [3.8, 4) is 0 Å². The third-order valence-corrected chi connectivity index (χ3v) is 8.58. The zero-order valence-electron chi connectivity index (χ0n) is 20.3. The van der Waals surface area contributed by atoms with Gasteiger partial charge in [0.05, 0.1) is 16.6 Å². The van der Waals surface area contributed by atoms with Gasteiger partial charge < -0.3 is 9.64 Å². The highest BCUT2D eigenvalue weighted by atomic mass is 32.2. The van der Waals surface area contributed by atoms with E-state index in [1.807, 2.05) is 0 Å². The first-order chi connectivity index (χ1) is 15.4. The second kappa shape index (κ2) is 12.5. The third kappa shape index (κ3) is 8.53. The van der Waals surface area contributed by atoms with Gasteiger partial charge in [0, 0.05) is 25.7 Å². The largest absolute Gasteiger partial charge is 0.416 e. The second-order valence-electron chi connectivity index (χ2n) is 9.33. The van der Waals surface area contributed by atoms with Crippen LogP contribution in [0.5, 0.6) is 0 Å². The molecule has 0 spiro atoms. The number of rotatable bonds is 12. The molecule has 0 radical (unpaired) electrons. The van der Waals surface area contributed by atoms with Crippen molar-refractivity contribution >= 4 is 10.0 Å². The summed E-state index contributed by atoms with van der Waals surface area (Å²) in [5.74, 6) is 0. The molecule has 0 aliphatic heterocycles. The number of unbranched alkanes of at least 4 members (excludes halogenated alkanes) is 3. The molecule has 0 N–H and O–H groups in total. The topological polar surface area (TPSA) is 49.9 Å². The monoisotopic (exact) mass is 492 g/mol. The number of alkyl halides is 3. The molecule has 190 valence electrons. The molecule has 0 amide bonds. The van der Waals surface area contributed by atoms with Crippen LogP contribution in [0.2, 0.25) is 0 Å². The Balaban J connectivity index is 1.71. The summed E-state index contributed by atoms with van der Waals surface area (Å²) in [5, 5.41) is 0. The Hall–Kier alpha value is -1.16. The van der Waals surface area contributed by atoms with Crippen molar-refractivity contribution in [2.24, 2.45) is 0 Å². The molecule has 0 saturated heterocycles. The number of ether oxygens (including phenoxy) is 1. The predicted octanol–water partition coefficient (Wildman–Crippen LogP) is 5.55. The van der Waals surface area contributed by atoms with Gasteiger partial charge >= 0.3 is 6.18 Å². The summed E-state index contributed by atoms with van der Waals surface area (Å²) in [6, 6.07) is 4.10.